The third kappa shape index (κ3) is 3.81. The largest absolute Gasteiger partial charge is 0.444 e. The summed E-state index contributed by atoms with van der Waals surface area (Å²) in [7, 11) is 0. The Kier molecular flexibility index (Phi) is 3.74. The molecule has 0 unspecified atom stereocenters. The summed E-state index contributed by atoms with van der Waals surface area (Å²) < 4.78 is 19.6. The predicted octanol–water partition coefficient (Wildman–Crippen LogP) is 3.36. The van der Waals surface area contributed by atoms with Crippen LogP contribution >= 0.6 is 0 Å². The Balaban J connectivity index is 2.06. The first-order chi connectivity index (χ1) is 9.33. The van der Waals surface area contributed by atoms with Gasteiger partial charge in [0.2, 0.25) is 0 Å². The molecule has 0 saturated heterocycles. The first kappa shape index (κ1) is 14.0. The van der Waals surface area contributed by atoms with Crippen LogP contribution in [0, 0.1) is 5.82 Å². The summed E-state index contributed by atoms with van der Waals surface area (Å²) in [5.74, 6) is 0.0598. The number of hydrogen-bond acceptors (Lipinski definition) is 3. The van der Waals surface area contributed by atoms with Crippen LogP contribution in [0.4, 0.5) is 15.0 Å². The Morgan fingerprint density at radius 1 is 1.30 bits per heavy atom. The first-order valence-corrected chi connectivity index (χ1v) is 6.13. The Labute approximate surface area is 116 Å². The van der Waals surface area contributed by atoms with Gasteiger partial charge in [0.1, 0.15) is 17.7 Å². The highest BCUT2D eigenvalue weighted by molar-refractivity contribution is 5.83. The molecule has 1 aromatic carbocycles. The molecule has 0 atom stereocenters. The van der Waals surface area contributed by atoms with Gasteiger partial charge in [-0.15, -0.1) is 0 Å². The molecule has 0 bridgehead atoms. The van der Waals surface area contributed by atoms with E-state index < -0.39 is 11.7 Å². The first-order valence-electron chi connectivity index (χ1n) is 6.13. The molecule has 1 N–H and O–H groups in total. The van der Waals surface area contributed by atoms with Crippen LogP contribution in [-0.4, -0.2) is 21.2 Å². The lowest BCUT2D eigenvalue weighted by Gasteiger charge is -2.19. The van der Waals surface area contributed by atoms with Crippen LogP contribution in [0.5, 0.6) is 0 Å². The zero-order valence-corrected chi connectivity index (χ0v) is 11.6. The third-order valence-electron chi connectivity index (χ3n) is 2.34. The van der Waals surface area contributed by atoms with Crippen molar-refractivity contribution in [1.82, 2.24) is 9.55 Å². The number of carbonyl (C=O) groups is 1. The Bertz CT molecular complexity index is 600. The maximum Gasteiger partial charge on any atom is 0.413 e. The van der Waals surface area contributed by atoms with Gasteiger partial charge in [0.25, 0.3) is 0 Å². The number of ether oxygens (including phenoxy) is 1. The zero-order chi connectivity index (χ0) is 14.8. The molecule has 6 heteroatoms. The van der Waals surface area contributed by atoms with Gasteiger partial charge in [-0.05, 0) is 45.0 Å². The summed E-state index contributed by atoms with van der Waals surface area (Å²) in [6.45, 7) is 5.34. The number of aromatic nitrogens is 2. The second kappa shape index (κ2) is 5.32. The number of amides is 1. The molecule has 2 rings (SSSR count). The molecule has 0 aliphatic heterocycles. The summed E-state index contributed by atoms with van der Waals surface area (Å²) in [6.07, 6.45) is 2.58. The Morgan fingerprint density at radius 2 is 1.95 bits per heavy atom. The van der Waals surface area contributed by atoms with Gasteiger partial charge in [0, 0.05) is 5.69 Å². The fraction of sp³-hybridized carbons (Fsp3) is 0.286. The number of anilines is 1. The highest BCUT2D eigenvalue weighted by Gasteiger charge is 2.16. The highest BCUT2D eigenvalue weighted by Crippen LogP contribution is 2.13. The summed E-state index contributed by atoms with van der Waals surface area (Å²) in [5, 5.41) is 2.53. The number of halogens is 1. The van der Waals surface area contributed by atoms with E-state index in [2.05, 4.69) is 10.3 Å². The molecule has 1 heterocycles. The highest BCUT2D eigenvalue weighted by atomic mass is 19.1. The smallest absolute Gasteiger partial charge is 0.413 e. The van der Waals surface area contributed by atoms with Crippen LogP contribution in [0.25, 0.3) is 5.69 Å². The molecule has 20 heavy (non-hydrogen) atoms. The van der Waals surface area contributed by atoms with E-state index in [-0.39, 0.29) is 5.82 Å². The van der Waals surface area contributed by atoms with E-state index in [1.807, 2.05) is 0 Å². The average molecular weight is 277 g/mol. The van der Waals surface area contributed by atoms with Crippen molar-refractivity contribution in [2.75, 3.05) is 5.32 Å². The molecule has 1 aromatic heterocycles. The van der Waals surface area contributed by atoms with E-state index in [1.165, 1.54) is 18.5 Å². The minimum atomic E-state index is -0.568. The topological polar surface area (TPSA) is 56.1 Å². The van der Waals surface area contributed by atoms with Gasteiger partial charge < -0.3 is 9.30 Å². The molecule has 0 fully saturated rings. The van der Waals surface area contributed by atoms with Crippen molar-refractivity contribution in [3.8, 4) is 5.69 Å². The van der Waals surface area contributed by atoms with E-state index in [1.54, 1.807) is 43.7 Å². The summed E-state index contributed by atoms with van der Waals surface area (Å²) >= 11 is 0. The van der Waals surface area contributed by atoms with Crippen molar-refractivity contribution < 1.29 is 13.9 Å². The van der Waals surface area contributed by atoms with Crippen molar-refractivity contribution in [3.63, 3.8) is 0 Å². The number of imidazole rings is 1. The Hall–Kier alpha value is -2.37. The van der Waals surface area contributed by atoms with Crippen LogP contribution < -0.4 is 5.32 Å². The van der Waals surface area contributed by atoms with E-state index >= 15 is 0 Å². The van der Waals surface area contributed by atoms with Gasteiger partial charge >= 0.3 is 6.09 Å². The van der Waals surface area contributed by atoms with Gasteiger partial charge in [-0.1, -0.05) is 0 Å². The lowest BCUT2D eigenvalue weighted by Crippen LogP contribution is -2.27. The van der Waals surface area contributed by atoms with Gasteiger partial charge in [0.05, 0.1) is 6.20 Å². The van der Waals surface area contributed by atoms with Crippen molar-refractivity contribution in [2.24, 2.45) is 0 Å². The molecule has 2 aromatic rings. The van der Waals surface area contributed by atoms with Crippen molar-refractivity contribution in [3.05, 3.63) is 42.6 Å². The maximum atomic E-state index is 12.8. The van der Waals surface area contributed by atoms with E-state index in [4.69, 9.17) is 4.74 Å². The summed E-state index contributed by atoms with van der Waals surface area (Å²) in [4.78, 5) is 15.6. The quantitative estimate of drug-likeness (QED) is 0.915. The Morgan fingerprint density at radius 3 is 2.55 bits per heavy atom. The molecule has 0 aliphatic rings. The van der Waals surface area contributed by atoms with Gasteiger partial charge in [-0.2, -0.15) is 0 Å². The number of rotatable bonds is 2. The van der Waals surface area contributed by atoms with Crippen LogP contribution in [0.2, 0.25) is 0 Å². The molecule has 0 aliphatic carbocycles. The molecule has 0 spiro atoms. The van der Waals surface area contributed by atoms with Crippen molar-refractivity contribution >= 4 is 11.9 Å². The van der Waals surface area contributed by atoms with Crippen LogP contribution in [0.3, 0.4) is 0 Å². The van der Waals surface area contributed by atoms with E-state index in [0.717, 1.165) is 5.69 Å². The standard InChI is InChI=1S/C14H16FN3O2/c1-14(2,3)20-13(19)17-12-8-18(9-16-12)11-6-4-10(15)5-7-11/h4-9H,1-3H3,(H,17,19). The van der Waals surface area contributed by atoms with Crippen LogP contribution in [0.1, 0.15) is 20.8 Å². The van der Waals surface area contributed by atoms with Gasteiger partial charge in [-0.25, -0.2) is 14.2 Å². The molecule has 1 amide bonds. The van der Waals surface area contributed by atoms with Crippen LogP contribution in [0.15, 0.2) is 36.8 Å². The number of hydrogen-bond donors (Lipinski definition) is 1. The number of benzene rings is 1. The molecule has 0 saturated carbocycles. The van der Waals surface area contributed by atoms with Gasteiger partial charge in [-0.3, -0.25) is 5.32 Å². The minimum absolute atomic E-state index is 0.305. The average Bonchev–Trinajstić information content (AvgIpc) is 2.75. The second-order valence-electron chi connectivity index (χ2n) is 5.27. The number of nitrogens with one attached hydrogen (secondary N) is 1. The SMILES string of the molecule is CC(C)(C)OC(=O)Nc1cn(-c2ccc(F)cc2)cn1. The summed E-state index contributed by atoms with van der Waals surface area (Å²) in [5.41, 5.74) is 0.181. The van der Waals surface area contributed by atoms with Crippen molar-refractivity contribution in [2.45, 2.75) is 26.4 Å². The summed E-state index contributed by atoms with van der Waals surface area (Å²) in [6, 6.07) is 5.95. The van der Waals surface area contributed by atoms with Crippen molar-refractivity contribution in [1.29, 1.82) is 0 Å². The number of carbonyl (C=O) groups excluding carboxylic acids is 1. The molecule has 106 valence electrons. The lowest BCUT2D eigenvalue weighted by molar-refractivity contribution is 0.0635. The van der Waals surface area contributed by atoms with Gasteiger partial charge in [0.15, 0.2) is 5.82 Å². The molecule has 5 nitrogen and oxygen atoms in total. The third-order valence-corrected chi connectivity index (χ3v) is 2.34. The fourth-order valence-electron chi connectivity index (χ4n) is 1.55. The van der Waals surface area contributed by atoms with Crippen LogP contribution in [-0.2, 0) is 4.74 Å². The molecular weight excluding hydrogens is 261 g/mol. The molecule has 0 radical (unpaired) electrons. The number of nitrogens with zero attached hydrogens (tertiary/aromatic N) is 2. The predicted molar refractivity (Wildman–Crippen MR) is 73.4 cm³/mol. The minimum Gasteiger partial charge on any atom is -0.444 e. The zero-order valence-electron chi connectivity index (χ0n) is 11.6. The fourth-order valence-corrected chi connectivity index (χ4v) is 1.55. The normalized spacial score (nSPS) is 11.2. The molecular formula is C14H16FN3O2. The van der Waals surface area contributed by atoms with E-state index in [0.29, 0.717) is 5.82 Å². The monoisotopic (exact) mass is 277 g/mol. The lowest BCUT2D eigenvalue weighted by atomic mass is 10.2. The second-order valence-corrected chi connectivity index (χ2v) is 5.27. The van der Waals surface area contributed by atoms with E-state index in [9.17, 15) is 9.18 Å². The maximum absolute atomic E-state index is 12.8.